The van der Waals surface area contributed by atoms with E-state index in [4.69, 9.17) is 9.26 Å². The van der Waals surface area contributed by atoms with Crippen LogP contribution in [0.2, 0.25) is 0 Å². The fourth-order valence-corrected chi connectivity index (χ4v) is 2.29. The third-order valence-electron chi connectivity index (χ3n) is 3.41. The zero-order valence-electron chi connectivity index (χ0n) is 13.6. The van der Waals surface area contributed by atoms with E-state index in [0.29, 0.717) is 29.4 Å². The molecule has 7 heteroatoms. The number of benzene rings is 2. The highest BCUT2D eigenvalue weighted by atomic mass is 19.4. The highest BCUT2D eigenvalue weighted by molar-refractivity contribution is 5.87. The SMILES string of the molecule is CC(C)COc1noc2ccc(-c3ccc(OC(F)(F)F)cc3)cc12. The van der Waals surface area contributed by atoms with E-state index in [1.165, 1.54) is 12.1 Å². The van der Waals surface area contributed by atoms with Crippen molar-refractivity contribution in [2.75, 3.05) is 6.61 Å². The summed E-state index contributed by atoms with van der Waals surface area (Å²) in [5.41, 5.74) is 2.13. The van der Waals surface area contributed by atoms with Gasteiger partial charge in [-0.15, -0.1) is 13.2 Å². The van der Waals surface area contributed by atoms with Gasteiger partial charge in [0.2, 0.25) is 0 Å². The first kappa shape index (κ1) is 17.1. The normalized spacial score (nSPS) is 11.9. The van der Waals surface area contributed by atoms with Crippen LogP contribution in [-0.2, 0) is 0 Å². The Morgan fingerprint density at radius 3 is 2.36 bits per heavy atom. The number of hydrogen-bond donors (Lipinski definition) is 0. The van der Waals surface area contributed by atoms with Crippen LogP contribution in [0.4, 0.5) is 13.2 Å². The first-order valence-corrected chi connectivity index (χ1v) is 7.70. The van der Waals surface area contributed by atoms with Crippen molar-refractivity contribution in [3.8, 4) is 22.8 Å². The maximum absolute atomic E-state index is 12.2. The Kier molecular flexibility index (Phi) is 4.57. The van der Waals surface area contributed by atoms with Gasteiger partial charge < -0.3 is 14.0 Å². The number of rotatable bonds is 5. The number of ether oxygens (including phenoxy) is 2. The van der Waals surface area contributed by atoms with Gasteiger partial charge in [0.25, 0.3) is 5.88 Å². The highest BCUT2D eigenvalue weighted by Crippen LogP contribution is 2.32. The third kappa shape index (κ3) is 4.23. The molecule has 0 aliphatic carbocycles. The molecule has 0 radical (unpaired) electrons. The lowest BCUT2D eigenvalue weighted by molar-refractivity contribution is -0.274. The molecule has 25 heavy (non-hydrogen) atoms. The molecule has 132 valence electrons. The highest BCUT2D eigenvalue weighted by Gasteiger charge is 2.30. The van der Waals surface area contributed by atoms with Crippen molar-refractivity contribution in [2.24, 2.45) is 5.92 Å². The van der Waals surface area contributed by atoms with Crippen LogP contribution in [0.15, 0.2) is 47.0 Å². The maximum Gasteiger partial charge on any atom is 0.573 e. The molecule has 3 aromatic rings. The Hall–Kier alpha value is -2.70. The van der Waals surface area contributed by atoms with Crippen molar-refractivity contribution in [3.63, 3.8) is 0 Å². The van der Waals surface area contributed by atoms with Crippen LogP contribution in [-0.4, -0.2) is 18.1 Å². The lowest BCUT2D eigenvalue weighted by Gasteiger charge is -2.09. The number of fused-ring (bicyclic) bond motifs is 1. The van der Waals surface area contributed by atoms with Crippen molar-refractivity contribution in [3.05, 3.63) is 42.5 Å². The topological polar surface area (TPSA) is 44.5 Å². The smallest absolute Gasteiger partial charge is 0.475 e. The van der Waals surface area contributed by atoms with Gasteiger partial charge in [0.05, 0.1) is 12.0 Å². The monoisotopic (exact) mass is 351 g/mol. The second-order valence-electron chi connectivity index (χ2n) is 5.98. The Morgan fingerprint density at radius 1 is 1.04 bits per heavy atom. The molecule has 0 unspecified atom stereocenters. The first-order chi connectivity index (χ1) is 11.8. The Bertz CT molecular complexity index is 854. The molecule has 0 spiro atoms. The largest absolute Gasteiger partial charge is 0.573 e. The molecule has 0 aliphatic rings. The van der Waals surface area contributed by atoms with Crippen LogP contribution in [0.25, 0.3) is 22.1 Å². The van der Waals surface area contributed by atoms with Gasteiger partial charge in [-0.05, 0) is 46.5 Å². The summed E-state index contributed by atoms with van der Waals surface area (Å²) >= 11 is 0. The predicted octanol–water partition coefficient (Wildman–Crippen LogP) is 5.43. The Balaban J connectivity index is 1.87. The fraction of sp³-hybridized carbons (Fsp3) is 0.278. The summed E-state index contributed by atoms with van der Waals surface area (Å²) < 4.78 is 51.4. The molecule has 0 fully saturated rings. The number of alkyl halides is 3. The van der Waals surface area contributed by atoms with Crippen LogP contribution in [0, 0.1) is 5.92 Å². The van der Waals surface area contributed by atoms with E-state index >= 15 is 0 Å². The van der Waals surface area contributed by atoms with E-state index < -0.39 is 6.36 Å². The molecule has 1 heterocycles. The number of hydrogen-bond acceptors (Lipinski definition) is 4. The van der Waals surface area contributed by atoms with Crippen LogP contribution in [0.3, 0.4) is 0 Å². The minimum Gasteiger partial charge on any atom is -0.475 e. The molecule has 4 nitrogen and oxygen atoms in total. The van der Waals surface area contributed by atoms with Crippen LogP contribution in [0.5, 0.6) is 11.6 Å². The van der Waals surface area contributed by atoms with Gasteiger partial charge in [-0.25, -0.2) is 0 Å². The molecule has 1 aromatic heterocycles. The van der Waals surface area contributed by atoms with E-state index in [0.717, 1.165) is 11.1 Å². The fourth-order valence-electron chi connectivity index (χ4n) is 2.29. The van der Waals surface area contributed by atoms with Crippen molar-refractivity contribution in [1.29, 1.82) is 0 Å². The third-order valence-corrected chi connectivity index (χ3v) is 3.41. The summed E-state index contributed by atoms with van der Waals surface area (Å²) in [5, 5.41) is 4.63. The lowest BCUT2D eigenvalue weighted by Crippen LogP contribution is -2.16. The lowest BCUT2D eigenvalue weighted by atomic mass is 10.0. The summed E-state index contributed by atoms with van der Waals surface area (Å²) in [7, 11) is 0. The first-order valence-electron chi connectivity index (χ1n) is 7.70. The standard InChI is InChI=1S/C18H16F3NO3/c1-11(2)10-23-17-15-9-13(5-8-16(15)25-22-17)12-3-6-14(7-4-12)24-18(19,20)21/h3-9,11H,10H2,1-2H3. The van der Waals surface area contributed by atoms with E-state index in [2.05, 4.69) is 9.89 Å². The second-order valence-corrected chi connectivity index (χ2v) is 5.98. The van der Waals surface area contributed by atoms with Crippen molar-refractivity contribution in [2.45, 2.75) is 20.2 Å². The second kappa shape index (κ2) is 6.66. The van der Waals surface area contributed by atoms with Gasteiger partial charge in [-0.3, -0.25) is 0 Å². The summed E-state index contributed by atoms with van der Waals surface area (Å²) in [4.78, 5) is 0. The molecular weight excluding hydrogens is 335 g/mol. The van der Waals surface area contributed by atoms with Gasteiger partial charge in [0.15, 0.2) is 5.58 Å². The molecule has 0 saturated carbocycles. The zero-order valence-corrected chi connectivity index (χ0v) is 13.6. The molecule has 0 N–H and O–H groups in total. The van der Waals surface area contributed by atoms with Gasteiger partial charge in [-0.1, -0.05) is 32.0 Å². The van der Waals surface area contributed by atoms with Gasteiger partial charge in [0, 0.05) is 0 Å². The molecule has 3 rings (SSSR count). The summed E-state index contributed by atoms with van der Waals surface area (Å²) in [6.07, 6.45) is -4.70. The number of nitrogens with zero attached hydrogens (tertiary/aromatic N) is 1. The predicted molar refractivity (Wildman–Crippen MR) is 86.5 cm³/mol. The summed E-state index contributed by atoms with van der Waals surface area (Å²) in [5.74, 6) is 0.488. The molecule has 0 aliphatic heterocycles. The minimum absolute atomic E-state index is 0.261. The number of aromatic nitrogens is 1. The van der Waals surface area contributed by atoms with E-state index in [9.17, 15) is 13.2 Å². The molecule has 2 aromatic carbocycles. The molecule has 0 saturated heterocycles. The van der Waals surface area contributed by atoms with Crippen LogP contribution < -0.4 is 9.47 Å². The molecule has 0 bridgehead atoms. The van der Waals surface area contributed by atoms with Crippen LogP contribution in [0.1, 0.15) is 13.8 Å². The Labute approximate surface area is 142 Å². The van der Waals surface area contributed by atoms with E-state index in [1.807, 2.05) is 19.9 Å². The van der Waals surface area contributed by atoms with Gasteiger partial charge in [0.1, 0.15) is 5.75 Å². The van der Waals surface area contributed by atoms with Crippen molar-refractivity contribution >= 4 is 11.0 Å². The van der Waals surface area contributed by atoms with Gasteiger partial charge in [-0.2, -0.15) is 0 Å². The van der Waals surface area contributed by atoms with Crippen LogP contribution >= 0.6 is 0 Å². The quantitative estimate of drug-likeness (QED) is 0.615. The average Bonchev–Trinajstić information content (AvgIpc) is 2.94. The molecular formula is C18H16F3NO3. The average molecular weight is 351 g/mol. The summed E-state index contributed by atoms with van der Waals surface area (Å²) in [6.45, 7) is 4.56. The summed E-state index contributed by atoms with van der Waals surface area (Å²) in [6, 6.07) is 11.1. The van der Waals surface area contributed by atoms with Crippen molar-refractivity contribution in [1.82, 2.24) is 5.16 Å². The zero-order chi connectivity index (χ0) is 18.0. The van der Waals surface area contributed by atoms with E-state index in [-0.39, 0.29) is 5.75 Å². The van der Waals surface area contributed by atoms with Crippen molar-refractivity contribution < 1.29 is 27.2 Å². The van der Waals surface area contributed by atoms with E-state index in [1.54, 1.807) is 24.3 Å². The number of halogens is 3. The molecule has 0 atom stereocenters. The minimum atomic E-state index is -4.70. The molecule has 0 amide bonds. The Morgan fingerprint density at radius 2 is 1.72 bits per heavy atom. The maximum atomic E-state index is 12.2. The van der Waals surface area contributed by atoms with Gasteiger partial charge >= 0.3 is 6.36 Å².